The van der Waals surface area contributed by atoms with Crippen LogP contribution in [0.25, 0.3) is 11.0 Å². The van der Waals surface area contributed by atoms with E-state index in [4.69, 9.17) is 4.74 Å². The first kappa shape index (κ1) is 18.2. The zero-order valence-electron chi connectivity index (χ0n) is 14.4. The van der Waals surface area contributed by atoms with Crippen molar-refractivity contribution in [3.8, 4) is 0 Å². The van der Waals surface area contributed by atoms with Gasteiger partial charge < -0.3 is 14.6 Å². The molecule has 0 amide bonds. The number of aromatic amines is 1. The summed E-state index contributed by atoms with van der Waals surface area (Å²) in [4.78, 5) is 9.69. The molecule has 4 nitrogen and oxygen atoms in total. The summed E-state index contributed by atoms with van der Waals surface area (Å²) >= 11 is 1.48. The third kappa shape index (κ3) is 4.06. The summed E-state index contributed by atoms with van der Waals surface area (Å²) in [5.74, 6) is 0.680. The number of thioether (sulfide) groups is 1. The van der Waals surface area contributed by atoms with Crippen LogP contribution in [0.15, 0.2) is 47.6 Å². The average Bonchev–Trinajstić information content (AvgIpc) is 3.09. The van der Waals surface area contributed by atoms with E-state index >= 15 is 0 Å². The van der Waals surface area contributed by atoms with Gasteiger partial charge in [-0.05, 0) is 29.8 Å². The number of halogens is 3. The smallest absolute Gasteiger partial charge is 0.378 e. The van der Waals surface area contributed by atoms with Gasteiger partial charge in [-0.15, -0.1) is 0 Å². The quantitative estimate of drug-likeness (QED) is 0.652. The van der Waals surface area contributed by atoms with Crippen molar-refractivity contribution in [3.63, 3.8) is 0 Å². The Morgan fingerprint density at radius 2 is 1.89 bits per heavy atom. The second-order valence-electron chi connectivity index (χ2n) is 6.29. The first-order chi connectivity index (χ1) is 13.0. The van der Waals surface area contributed by atoms with Crippen molar-refractivity contribution < 1.29 is 17.9 Å². The highest BCUT2D eigenvalue weighted by atomic mass is 32.2. The lowest BCUT2D eigenvalue weighted by molar-refractivity contribution is -0.137. The van der Waals surface area contributed by atoms with E-state index in [9.17, 15) is 13.2 Å². The number of fused-ring (bicyclic) bond motifs is 1. The number of H-pyrrole nitrogens is 1. The normalized spacial score (nSPS) is 15.4. The minimum absolute atomic E-state index is 0.397. The Kier molecular flexibility index (Phi) is 5.01. The minimum atomic E-state index is -4.36. The molecule has 0 bridgehead atoms. The number of hydrogen-bond acceptors (Lipinski definition) is 4. The van der Waals surface area contributed by atoms with Gasteiger partial charge in [-0.3, -0.25) is 0 Å². The van der Waals surface area contributed by atoms with Gasteiger partial charge in [0.15, 0.2) is 5.16 Å². The van der Waals surface area contributed by atoms with Gasteiger partial charge in [0.1, 0.15) is 0 Å². The molecule has 1 N–H and O–H groups in total. The number of nitrogens with one attached hydrogen (secondary N) is 1. The Hall–Kier alpha value is -2.19. The number of anilines is 1. The molecule has 8 heteroatoms. The van der Waals surface area contributed by atoms with Gasteiger partial charge in [-0.1, -0.05) is 30.0 Å². The van der Waals surface area contributed by atoms with Gasteiger partial charge in [0, 0.05) is 24.5 Å². The van der Waals surface area contributed by atoms with E-state index in [2.05, 4.69) is 27.0 Å². The summed E-state index contributed by atoms with van der Waals surface area (Å²) < 4.78 is 44.0. The average molecular weight is 393 g/mol. The highest BCUT2D eigenvalue weighted by molar-refractivity contribution is 7.98. The number of imidazole rings is 1. The number of rotatable bonds is 4. The molecule has 3 aromatic rings. The number of alkyl halides is 3. The Morgan fingerprint density at radius 1 is 1.11 bits per heavy atom. The van der Waals surface area contributed by atoms with Crippen LogP contribution in [-0.2, 0) is 16.7 Å². The largest absolute Gasteiger partial charge is 0.416 e. The molecular weight excluding hydrogens is 375 g/mol. The molecule has 0 radical (unpaired) electrons. The monoisotopic (exact) mass is 393 g/mol. The maximum Gasteiger partial charge on any atom is 0.416 e. The molecule has 2 aromatic carbocycles. The summed E-state index contributed by atoms with van der Waals surface area (Å²) in [5, 5.41) is 0.612. The van der Waals surface area contributed by atoms with Crippen LogP contribution in [0.2, 0.25) is 0 Å². The highest BCUT2D eigenvalue weighted by Crippen LogP contribution is 2.33. The van der Waals surface area contributed by atoms with Crippen molar-refractivity contribution in [2.45, 2.75) is 17.1 Å². The second-order valence-corrected chi connectivity index (χ2v) is 7.25. The highest BCUT2D eigenvalue weighted by Gasteiger charge is 2.30. The van der Waals surface area contributed by atoms with Crippen molar-refractivity contribution in [1.82, 2.24) is 9.97 Å². The van der Waals surface area contributed by atoms with Gasteiger partial charge >= 0.3 is 6.18 Å². The van der Waals surface area contributed by atoms with Gasteiger partial charge in [-0.2, -0.15) is 13.2 Å². The van der Waals surface area contributed by atoms with Crippen LogP contribution in [0.1, 0.15) is 11.1 Å². The standard InChI is InChI=1S/C19H18F3N3OS/c20-19(21,22)14-5-6-15-16(11-14)24-18(23-15)27-12-13-3-1-2-4-17(13)25-7-9-26-10-8-25/h1-6,11H,7-10,12H2,(H,23,24). The molecule has 1 saturated heterocycles. The molecule has 1 aliphatic heterocycles. The molecule has 0 aliphatic carbocycles. The van der Waals surface area contributed by atoms with Gasteiger partial charge in [0.05, 0.1) is 29.8 Å². The summed E-state index contributed by atoms with van der Waals surface area (Å²) in [5.41, 5.74) is 2.60. The molecule has 0 spiro atoms. The summed E-state index contributed by atoms with van der Waals surface area (Å²) in [6.45, 7) is 3.14. The Labute approximate surface area is 158 Å². The fourth-order valence-corrected chi connectivity index (χ4v) is 4.00. The summed E-state index contributed by atoms with van der Waals surface area (Å²) in [6.07, 6.45) is -4.36. The lowest BCUT2D eigenvalue weighted by atomic mass is 10.1. The zero-order chi connectivity index (χ0) is 18.9. The number of nitrogens with zero attached hydrogens (tertiary/aromatic N) is 2. The summed E-state index contributed by atoms with van der Waals surface area (Å²) in [6, 6.07) is 11.7. The predicted molar refractivity (Wildman–Crippen MR) is 100 cm³/mol. The van der Waals surface area contributed by atoms with E-state index in [1.165, 1.54) is 29.1 Å². The number of hydrogen-bond donors (Lipinski definition) is 1. The molecule has 0 saturated carbocycles. The fraction of sp³-hybridized carbons (Fsp3) is 0.316. The van der Waals surface area contributed by atoms with Crippen LogP contribution in [-0.4, -0.2) is 36.3 Å². The Bertz CT molecular complexity index is 935. The lowest BCUT2D eigenvalue weighted by Crippen LogP contribution is -2.36. The molecule has 0 unspecified atom stereocenters. The molecule has 0 atom stereocenters. The third-order valence-electron chi connectivity index (χ3n) is 4.50. The SMILES string of the molecule is FC(F)(F)c1ccc2nc(SCc3ccccc3N3CCOCC3)[nH]c2c1. The number of benzene rings is 2. The van der Waals surface area contributed by atoms with Gasteiger partial charge in [-0.25, -0.2) is 4.98 Å². The van der Waals surface area contributed by atoms with Crippen molar-refractivity contribution in [2.24, 2.45) is 0 Å². The fourth-order valence-electron chi connectivity index (χ4n) is 3.12. The number of para-hydroxylation sites is 1. The third-order valence-corrected chi connectivity index (χ3v) is 5.42. The maximum atomic E-state index is 12.9. The molecular formula is C19H18F3N3OS. The number of aromatic nitrogens is 2. The Balaban J connectivity index is 1.52. The molecule has 27 heavy (non-hydrogen) atoms. The van der Waals surface area contributed by atoms with Crippen molar-refractivity contribution in [2.75, 3.05) is 31.2 Å². The van der Waals surface area contributed by atoms with Crippen LogP contribution >= 0.6 is 11.8 Å². The molecule has 1 fully saturated rings. The van der Waals surface area contributed by atoms with Crippen LogP contribution in [0, 0.1) is 0 Å². The summed E-state index contributed by atoms with van der Waals surface area (Å²) in [7, 11) is 0. The van der Waals surface area contributed by atoms with E-state index in [0.717, 1.165) is 25.2 Å². The molecule has 2 heterocycles. The van der Waals surface area contributed by atoms with E-state index in [-0.39, 0.29) is 0 Å². The van der Waals surface area contributed by atoms with Crippen molar-refractivity contribution in [1.29, 1.82) is 0 Å². The second kappa shape index (κ2) is 7.44. The van der Waals surface area contributed by atoms with E-state index in [0.29, 0.717) is 35.2 Å². The number of morpholine rings is 1. The van der Waals surface area contributed by atoms with E-state index < -0.39 is 11.7 Å². The molecule has 1 aliphatic rings. The van der Waals surface area contributed by atoms with Gasteiger partial charge in [0.2, 0.25) is 0 Å². The van der Waals surface area contributed by atoms with Crippen LogP contribution in [0.3, 0.4) is 0 Å². The molecule has 142 valence electrons. The Morgan fingerprint density at radius 3 is 2.67 bits per heavy atom. The van der Waals surface area contributed by atoms with Crippen LogP contribution in [0.4, 0.5) is 18.9 Å². The van der Waals surface area contributed by atoms with Crippen molar-refractivity contribution in [3.05, 3.63) is 53.6 Å². The first-order valence-corrected chi connectivity index (χ1v) is 9.59. The van der Waals surface area contributed by atoms with Crippen molar-refractivity contribution >= 4 is 28.5 Å². The minimum Gasteiger partial charge on any atom is -0.378 e. The number of ether oxygens (including phenoxy) is 1. The van der Waals surface area contributed by atoms with Crippen LogP contribution < -0.4 is 4.90 Å². The topological polar surface area (TPSA) is 41.2 Å². The van der Waals surface area contributed by atoms with E-state index in [1.54, 1.807) is 0 Å². The predicted octanol–water partition coefficient (Wildman–Crippen LogP) is 4.71. The van der Waals surface area contributed by atoms with Gasteiger partial charge in [0.25, 0.3) is 0 Å². The molecule has 4 rings (SSSR count). The lowest BCUT2D eigenvalue weighted by Gasteiger charge is -2.30. The maximum absolute atomic E-state index is 12.9. The first-order valence-electron chi connectivity index (χ1n) is 8.61. The van der Waals surface area contributed by atoms with E-state index in [1.807, 2.05) is 12.1 Å². The van der Waals surface area contributed by atoms with Crippen LogP contribution in [0.5, 0.6) is 0 Å². The zero-order valence-corrected chi connectivity index (χ0v) is 15.2. The molecule has 1 aromatic heterocycles.